The summed E-state index contributed by atoms with van der Waals surface area (Å²) in [6, 6.07) is 8.85. The molecule has 0 radical (unpaired) electrons. The van der Waals surface area contributed by atoms with Gasteiger partial charge in [-0.05, 0) is 49.8 Å². The largest absolute Gasteiger partial charge is 0.264 e. The maximum atomic E-state index is 13.2. The second-order valence-electron chi connectivity index (χ2n) is 6.08. The third-order valence-electron chi connectivity index (χ3n) is 4.05. The SMILES string of the molecule is C=c1c(C#CC)cc(F)c/c1=C/N=NC.CC.CC.CC.CC#Cc1cccc2cncc(C)c12. The topological polar surface area (TPSA) is 37.6 Å². The molecule has 0 saturated heterocycles. The molecule has 0 bridgehead atoms. The summed E-state index contributed by atoms with van der Waals surface area (Å²) in [7, 11) is 1.55. The maximum absolute atomic E-state index is 13.2. The molecule has 0 unspecified atom stereocenters. The van der Waals surface area contributed by atoms with E-state index in [1.807, 2.05) is 73.0 Å². The van der Waals surface area contributed by atoms with Crippen molar-refractivity contribution in [1.29, 1.82) is 0 Å². The van der Waals surface area contributed by atoms with Crippen LogP contribution in [0.15, 0.2) is 53.0 Å². The van der Waals surface area contributed by atoms with Crippen LogP contribution in [0.3, 0.4) is 0 Å². The Bertz CT molecular complexity index is 1280. The van der Waals surface area contributed by atoms with E-state index >= 15 is 0 Å². The van der Waals surface area contributed by atoms with E-state index in [1.54, 1.807) is 14.0 Å². The lowest BCUT2D eigenvalue weighted by Gasteiger charge is -2.02. The molecular weight excluding hydrogens is 433 g/mol. The minimum absolute atomic E-state index is 0.349. The third kappa shape index (κ3) is 11.3. The molecule has 0 atom stereocenters. The fourth-order valence-electron chi connectivity index (χ4n) is 2.79. The predicted molar refractivity (Wildman–Crippen MR) is 152 cm³/mol. The number of aromatic nitrogens is 1. The smallest absolute Gasteiger partial charge is 0.125 e. The zero-order valence-electron chi connectivity index (χ0n) is 23.0. The van der Waals surface area contributed by atoms with Crippen molar-refractivity contribution in [3.8, 4) is 23.7 Å². The van der Waals surface area contributed by atoms with E-state index in [0.29, 0.717) is 16.0 Å². The summed E-state index contributed by atoms with van der Waals surface area (Å²) in [5.74, 6) is 11.2. The Morgan fingerprint density at radius 2 is 1.51 bits per heavy atom. The average Bonchev–Trinajstić information content (AvgIpc) is 2.90. The third-order valence-corrected chi connectivity index (χ3v) is 4.05. The fourth-order valence-corrected chi connectivity index (χ4v) is 2.79. The second kappa shape index (κ2) is 20.8. The van der Waals surface area contributed by atoms with Crippen LogP contribution < -0.4 is 10.4 Å². The normalized spacial score (nSPS) is 9.29. The van der Waals surface area contributed by atoms with Crippen LogP contribution in [0.25, 0.3) is 23.6 Å². The molecule has 0 amide bonds. The van der Waals surface area contributed by atoms with Gasteiger partial charge in [0.15, 0.2) is 0 Å². The number of halogens is 1. The van der Waals surface area contributed by atoms with Crippen LogP contribution in [-0.2, 0) is 0 Å². The van der Waals surface area contributed by atoms with E-state index in [1.165, 1.54) is 29.3 Å². The molecule has 2 aromatic carbocycles. The highest BCUT2D eigenvalue weighted by molar-refractivity contribution is 5.90. The van der Waals surface area contributed by atoms with Crippen LogP contribution in [0, 0.1) is 36.4 Å². The van der Waals surface area contributed by atoms with Gasteiger partial charge in [0.1, 0.15) is 5.82 Å². The van der Waals surface area contributed by atoms with Gasteiger partial charge in [-0.15, -0.1) is 11.8 Å². The fraction of sp³-hybridized carbons (Fsp3) is 0.323. The van der Waals surface area contributed by atoms with Crippen molar-refractivity contribution < 1.29 is 4.39 Å². The molecule has 0 spiro atoms. The first-order valence-electron chi connectivity index (χ1n) is 12.0. The molecule has 35 heavy (non-hydrogen) atoms. The lowest BCUT2D eigenvalue weighted by atomic mass is 10.0. The number of fused-ring (bicyclic) bond motifs is 1. The Kier molecular flexibility index (Phi) is 19.9. The number of nitrogens with zero attached hydrogens (tertiary/aromatic N) is 3. The first-order chi connectivity index (χ1) is 17.0. The molecule has 1 heterocycles. The molecule has 0 aliphatic carbocycles. The van der Waals surface area contributed by atoms with Crippen molar-refractivity contribution in [2.45, 2.75) is 62.3 Å². The van der Waals surface area contributed by atoms with Gasteiger partial charge < -0.3 is 0 Å². The van der Waals surface area contributed by atoms with E-state index < -0.39 is 0 Å². The number of rotatable bonds is 1. The van der Waals surface area contributed by atoms with Crippen LogP contribution in [-0.4, -0.2) is 12.0 Å². The summed E-state index contributed by atoms with van der Waals surface area (Å²) in [6.07, 6.45) is 5.22. The van der Waals surface area contributed by atoms with Crippen molar-refractivity contribution in [2.24, 2.45) is 10.2 Å². The van der Waals surface area contributed by atoms with Crippen LogP contribution in [0.5, 0.6) is 0 Å². The number of azo groups is 1. The first kappa shape index (κ1) is 33.4. The molecule has 3 nitrogen and oxygen atoms in total. The molecule has 0 N–H and O–H groups in total. The van der Waals surface area contributed by atoms with Gasteiger partial charge in [-0.2, -0.15) is 10.2 Å². The molecule has 0 saturated carbocycles. The van der Waals surface area contributed by atoms with E-state index in [-0.39, 0.29) is 5.82 Å². The standard InChI is InChI=1S/C13H11N.C12H11FN2.3C2H6/c1-3-5-11-6-4-7-12-9-14-8-10(2)13(11)12;1-4-5-10-6-12(13)7-11(9(10)2)8-15-14-3;3*1-2/h4,6-9H,1-2H3;6-8H,2H2,1,3H3;3*1-2H3/b;11-8-,15-14?;;;. The number of aryl methyl sites for hydroxylation is 1. The number of hydrogen-bond donors (Lipinski definition) is 0. The summed E-state index contributed by atoms with van der Waals surface area (Å²) in [4.78, 5) is 4.17. The molecular formula is C31H40FN3. The van der Waals surface area contributed by atoms with Crippen LogP contribution in [0.4, 0.5) is 4.39 Å². The van der Waals surface area contributed by atoms with Gasteiger partial charge in [0, 0.05) is 46.6 Å². The van der Waals surface area contributed by atoms with Crippen LogP contribution >= 0.6 is 0 Å². The van der Waals surface area contributed by atoms with Crippen molar-refractivity contribution >= 4 is 23.6 Å². The van der Waals surface area contributed by atoms with Crippen molar-refractivity contribution in [3.05, 3.63) is 75.7 Å². The molecule has 0 fully saturated rings. The number of pyridine rings is 1. The summed E-state index contributed by atoms with van der Waals surface area (Å²) >= 11 is 0. The molecule has 0 aliphatic rings. The monoisotopic (exact) mass is 473 g/mol. The molecule has 4 heteroatoms. The summed E-state index contributed by atoms with van der Waals surface area (Å²) in [5.41, 5.74) is 2.85. The van der Waals surface area contributed by atoms with Gasteiger partial charge in [0.05, 0.1) is 6.20 Å². The predicted octanol–water partition coefficient (Wildman–Crippen LogP) is 7.42. The van der Waals surface area contributed by atoms with Gasteiger partial charge in [-0.1, -0.05) is 72.1 Å². The number of hydrogen-bond acceptors (Lipinski definition) is 3. The Hall–Kier alpha value is -3.76. The Labute approximate surface area is 211 Å². The van der Waals surface area contributed by atoms with Crippen LogP contribution in [0.2, 0.25) is 0 Å². The first-order valence-corrected chi connectivity index (χ1v) is 12.0. The van der Waals surface area contributed by atoms with Crippen molar-refractivity contribution in [1.82, 2.24) is 4.98 Å². The number of benzene rings is 2. The zero-order valence-corrected chi connectivity index (χ0v) is 23.0. The minimum atomic E-state index is -0.349. The van der Waals surface area contributed by atoms with Gasteiger partial charge in [-0.25, -0.2) is 4.39 Å². The Morgan fingerprint density at radius 3 is 2.09 bits per heavy atom. The zero-order chi connectivity index (χ0) is 27.2. The van der Waals surface area contributed by atoms with Gasteiger partial charge in [0.2, 0.25) is 0 Å². The minimum Gasteiger partial charge on any atom is -0.264 e. The van der Waals surface area contributed by atoms with Gasteiger partial charge in [0.25, 0.3) is 0 Å². The second-order valence-corrected chi connectivity index (χ2v) is 6.08. The Balaban J connectivity index is 0. The van der Waals surface area contributed by atoms with E-state index in [4.69, 9.17) is 0 Å². The van der Waals surface area contributed by atoms with E-state index in [2.05, 4.69) is 58.5 Å². The van der Waals surface area contributed by atoms with Gasteiger partial charge in [-0.3, -0.25) is 4.98 Å². The molecule has 3 rings (SSSR count). The molecule has 1 aromatic heterocycles. The molecule has 0 aliphatic heterocycles. The van der Waals surface area contributed by atoms with E-state index in [9.17, 15) is 4.39 Å². The van der Waals surface area contributed by atoms with Crippen LogP contribution in [0.1, 0.15) is 72.1 Å². The highest BCUT2D eigenvalue weighted by Gasteiger charge is 2.01. The Morgan fingerprint density at radius 1 is 0.914 bits per heavy atom. The summed E-state index contributed by atoms with van der Waals surface area (Å²) in [5, 5.41) is 10.9. The average molecular weight is 474 g/mol. The molecule has 186 valence electrons. The van der Waals surface area contributed by atoms with Crippen molar-refractivity contribution in [2.75, 3.05) is 7.05 Å². The van der Waals surface area contributed by atoms with E-state index in [0.717, 1.165) is 10.9 Å². The van der Waals surface area contributed by atoms with Gasteiger partial charge >= 0.3 is 0 Å². The highest BCUT2D eigenvalue weighted by atomic mass is 19.1. The van der Waals surface area contributed by atoms with Crippen molar-refractivity contribution in [3.63, 3.8) is 0 Å². The quantitative estimate of drug-likeness (QED) is 0.268. The summed E-state index contributed by atoms with van der Waals surface area (Å²) < 4.78 is 13.2. The summed E-state index contributed by atoms with van der Waals surface area (Å²) in [6.45, 7) is 21.4. The maximum Gasteiger partial charge on any atom is 0.125 e. The lowest BCUT2D eigenvalue weighted by molar-refractivity contribution is 0.625. The molecule has 3 aromatic rings. The lowest BCUT2D eigenvalue weighted by Crippen LogP contribution is -2.26. The highest BCUT2D eigenvalue weighted by Crippen LogP contribution is 2.20.